The first-order valence-corrected chi connectivity index (χ1v) is 11.0. The second-order valence-corrected chi connectivity index (χ2v) is 7.13. The highest BCUT2D eigenvalue weighted by Gasteiger charge is 2.33. The lowest BCUT2D eigenvalue weighted by Gasteiger charge is -2.13. The van der Waals surface area contributed by atoms with Crippen molar-refractivity contribution in [2.75, 3.05) is 12.4 Å². The number of fused-ring (bicyclic) bond motifs is 2. The molecule has 0 spiro atoms. The van der Waals surface area contributed by atoms with Gasteiger partial charge in [0.05, 0.1) is 0 Å². The van der Waals surface area contributed by atoms with Gasteiger partial charge in [-0.1, -0.05) is 63.2 Å². The molecule has 0 saturated heterocycles. The smallest absolute Gasteiger partial charge is 0.402 e. The SMILES string of the molecule is CC.CCc1c(F)ccc2cccc(NC)c12.Cc1cccc2ccc(F)c(OC(F)(F)F)c12. The van der Waals surface area contributed by atoms with Crippen LogP contribution >= 0.6 is 0 Å². The van der Waals surface area contributed by atoms with Crippen molar-refractivity contribution >= 4 is 27.2 Å². The lowest BCUT2D eigenvalue weighted by molar-refractivity contribution is -0.275. The summed E-state index contributed by atoms with van der Waals surface area (Å²) in [5, 5.41) is 5.84. The molecule has 0 aromatic heterocycles. The number of hydrogen-bond donors (Lipinski definition) is 1. The topological polar surface area (TPSA) is 21.3 Å². The molecule has 0 amide bonds. The minimum atomic E-state index is -4.91. The number of ether oxygens (including phenoxy) is 1. The van der Waals surface area contributed by atoms with E-state index in [0.29, 0.717) is 17.4 Å². The van der Waals surface area contributed by atoms with Gasteiger partial charge in [-0.3, -0.25) is 0 Å². The maximum Gasteiger partial charge on any atom is 0.573 e. The largest absolute Gasteiger partial charge is 0.573 e. The minimum Gasteiger partial charge on any atom is -0.402 e. The summed E-state index contributed by atoms with van der Waals surface area (Å²) in [5.41, 5.74) is 2.31. The molecule has 0 atom stereocenters. The summed E-state index contributed by atoms with van der Waals surface area (Å²) in [7, 11) is 1.86. The molecule has 34 heavy (non-hydrogen) atoms. The van der Waals surface area contributed by atoms with Crippen molar-refractivity contribution < 1.29 is 26.7 Å². The van der Waals surface area contributed by atoms with Crippen LogP contribution in [0.5, 0.6) is 5.75 Å². The fourth-order valence-electron chi connectivity index (χ4n) is 3.70. The van der Waals surface area contributed by atoms with Gasteiger partial charge < -0.3 is 10.1 Å². The fraction of sp³-hybridized carbons (Fsp3) is 0.259. The lowest BCUT2D eigenvalue weighted by atomic mass is 10.0. The molecule has 1 N–H and O–H groups in total. The molecule has 0 aliphatic heterocycles. The van der Waals surface area contributed by atoms with Crippen LogP contribution in [0.4, 0.5) is 27.6 Å². The van der Waals surface area contributed by atoms with Crippen LogP contribution in [0.15, 0.2) is 60.7 Å². The van der Waals surface area contributed by atoms with Crippen LogP contribution in [-0.4, -0.2) is 13.4 Å². The van der Waals surface area contributed by atoms with Gasteiger partial charge in [0.25, 0.3) is 0 Å². The highest BCUT2D eigenvalue weighted by Crippen LogP contribution is 2.35. The Morgan fingerprint density at radius 1 is 0.794 bits per heavy atom. The summed E-state index contributed by atoms with van der Waals surface area (Å²) in [6, 6.07) is 16.6. The zero-order valence-electron chi connectivity index (χ0n) is 19.8. The van der Waals surface area contributed by atoms with Crippen molar-refractivity contribution in [1.29, 1.82) is 0 Å². The molecule has 0 radical (unpaired) electrons. The molecule has 0 aliphatic carbocycles. The molecule has 4 aromatic carbocycles. The second-order valence-electron chi connectivity index (χ2n) is 7.13. The molecule has 0 aliphatic rings. The summed E-state index contributed by atoms with van der Waals surface area (Å²) < 4.78 is 67.3. The number of aryl methyl sites for hydroxylation is 2. The quantitative estimate of drug-likeness (QED) is 0.298. The van der Waals surface area contributed by atoms with Crippen LogP contribution in [0, 0.1) is 18.6 Å². The van der Waals surface area contributed by atoms with E-state index in [0.717, 1.165) is 28.1 Å². The van der Waals surface area contributed by atoms with Gasteiger partial charge in [-0.05, 0) is 53.4 Å². The minimum absolute atomic E-state index is 0.118. The van der Waals surface area contributed by atoms with E-state index < -0.39 is 17.9 Å². The molecule has 4 rings (SSSR count). The van der Waals surface area contributed by atoms with E-state index >= 15 is 0 Å². The molecular formula is C27H28F5NO. The number of halogens is 5. The third-order valence-corrected chi connectivity index (χ3v) is 5.09. The van der Waals surface area contributed by atoms with Crippen LogP contribution in [0.2, 0.25) is 0 Å². The Morgan fingerprint density at radius 3 is 1.91 bits per heavy atom. The summed E-state index contributed by atoms with van der Waals surface area (Å²) in [6.45, 7) is 7.58. The van der Waals surface area contributed by atoms with Crippen molar-refractivity contribution in [2.24, 2.45) is 0 Å². The normalized spacial score (nSPS) is 10.8. The molecular weight excluding hydrogens is 449 g/mol. The van der Waals surface area contributed by atoms with Gasteiger partial charge in [0, 0.05) is 23.5 Å². The van der Waals surface area contributed by atoms with E-state index in [1.807, 2.05) is 52.1 Å². The molecule has 182 valence electrons. The number of nitrogens with one attached hydrogen (secondary N) is 1. The zero-order chi connectivity index (χ0) is 25.5. The average Bonchev–Trinajstić information content (AvgIpc) is 2.81. The average molecular weight is 478 g/mol. The Labute approximate surface area is 196 Å². The standard InChI is InChI=1S/C13H14FN.C12H8F4O.C2H6/c1-3-10-11(14)8-7-9-5-4-6-12(15-2)13(9)10;1-7-3-2-4-8-5-6-9(13)11(10(7)8)17-12(14,15)16;1-2/h4-8,15H,3H2,1-2H3;2-6H,1H3;1-2H3. The molecule has 4 aromatic rings. The second kappa shape index (κ2) is 11.7. The van der Waals surface area contributed by atoms with Crippen molar-refractivity contribution in [3.05, 3.63) is 83.4 Å². The van der Waals surface area contributed by atoms with Crippen molar-refractivity contribution in [1.82, 2.24) is 0 Å². The van der Waals surface area contributed by atoms with Gasteiger partial charge in [0.2, 0.25) is 0 Å². The van der Waals surface area contributed by atoms with E-state index in [1.165, 1.54) is 6.07 Å². The van der Waals surface area contributed by atoms with Gasteiger partial charge in [-0.2, -0.15) is 0 Å². The zero-order valence-corrected chi connectivity index (χ0v) is 19.8. The number of rotatable bonds is 3. The molecule has 2 nitrogen and oxygen atoms in total. The van der Waals surface area contributed by atoms with Crippen molar-refractivity contribution in [3.63, 3.8) is 0 Å². The first-order chi connectivity index (χ1) is 16.2. The predicted octanol–water partition coefficient (Wildman–Crippen LogP) is 8.80. The van der Waals surface area contributed by atoms with Crippen LogP contribution in [-0.2, 0) is 6.42 Å². The maximum atomic E-state index is 13.6. The molecule has 0 unspecified atom stereocenters. The Bertz CT molecular complexity index is 1250. The summed E-state index contributed by atoms with van der Waals surface area (Å²) >= 11 is 0. The van der Waals surface area contributed by atoms with E-state index in [4.69, 9.17) is 0 Å². The third-order valence-electron chi connectivity index (χ3n) is 5.09. The van der Waals surface area contributed by atoms with E-state index in [-0.39, 0.29) is 11.2 Å². The summed E-state index contributed by atoms with van der Waals surface area (Å²) in [4.78, 5) is 0. The van der Waals surface area contributed by atoms with Crippen molar-refractivity contribution in [3.8, 4) is 5.75 Å². The number of alkyl halides is 3. The predicted molar refractivity (Wildman–Crippen MR) is 130 cm³/mol. The molecule has 0 fully saturated rings. The first kappa shape index (κ1) is 26.9. The maximum absolute atomic E-state index is 13.6. The Hall–Kier alpha value is -3.35. The fourth-order valence-corrected chi connectivity index (χ4v) is 3.70. The van der Waals surface area contributed by atoms with Crippen LogP contribution < -0.4 is 10.1 Å². The van der Waals surface area contributed by atoms with Crippen LogP contribution in [0.25, 0.3) is 21.5 Å². The highest BCUT2D eigenvalue weighted by atomic mass is 19.4. The Kier molecular flexibility index (Phi) is 9.24. The number of benzene rings is 4. The van der Waals surface area contributed by atoms with E-state index in [1.54, 1.807) is 31.2 Å². The van der Waals surface area contributed by atoms with Gasteiger partial charge in [0.15, 0.2) is 11.6 Å². The first-order valence-electron chi connectivity index (χ1n) is 11.0. The molecule has 0 saturated carbocycles. The summed E-state index contributed by atoms with van der Waals surface area (Å²) in [5.74, 6) is -1.91. The lowest BCUT2D eigenvalue weighted by Crippen LogP contribution is -2.18. The van der Waals surface area contributed by atoms with Gasteiger partial charge in [0.1, 0.15) is 5.82 Å². The van der Waals surface area contributed by atoms with E-state index in [9.17, 15) is 22.0 Å². The van der Waals surface area contributed by atoms with Crippen LogP contribution in [0.3, 0.4) is 0 Å². The summed E-state index contributed by atoms with van der Waals surface area (Å²) in [6.07, 6.45) is -4.20. The highest BCUT2D eigenvalue weighted by molar-refractivity contribution is 5.96. The third kappa shape index (κ3) is 6.16. The Balaban J connectivity index is 0.000000225. The Morgan fingerprint density at radius 2 is 1.35 bits per heavy atom. The van der Waals surface area contributed by atoms with E-state index in [2.05, 4.69) is 10.1 Å². The molecule has 0 heterocycles. The molecule has 0 bridgehead atoms. The van der Waals surface area contributed by atoms with Crippen molar-refractivity contribution in [2.45, 2.75) is 40.5 Å². The number of anilines is 1. The number of hydrogen-bond acceptors (Lipinski definition) is 2. The van der Waals surface area contributed by atoms with Gasteiger partial charge in [-0.25, -0.2) is 8.78 Å². The van der Waals surface area contributed by atoms with Crippen LogP contribution in [0.1, 0.15) is 31.9 Å². The molecule has 7 heteroatoms. The van der Waals surface area contributed by atoms with Gasteiger partial charge >= 0.3 is 6.36 Å². The van der Waals surface area contributed by atoms with Gasteiger partial charge in [-0.15, -0.1) is 13.2 Å². The monoisotopic (exact) mass is 477 g/mol.